The number of aldehydes is 1. The Morgan fingerprint density at radius 1 is 1.21 bits per heavy atom. The SMILES string of the molecule is O=Cc1ccc(N2C(=O)C(O)C2c2ccco2)cc1. The van der Waals surface area contributed by atoms with Crippen molar-refractivity contribution >= 4 is 17.9 Å². The van der Waals surface area contributed by atoms with Gasteiger partial charge in [0, 0.05) is 11.3 Å². The molecule has 1 aliphatic heterocycles. The molecule has 0 radical (unpaired) electrons. The third kappa shape index (κ3) is 1.75. The number of nitrogens with zero attached hydrogens (tertiary/aromatic N) is 1. The van der Waals surface area contributed by atoms with Crippen LogP contribution >= 0.6 is 0 Å². The summed E-state index contributed by atoms with van der Waals surface area (Å²) in [7, 11) is 0. The van der Waals surface area contributed by atoms with E-state index in [4.69, 9.17) is 4.42 Å². The first-order chi connectivity index (χ1) is 9.22. The van der Waals surface area contributed by atoms with Crippen molar-refractivity contribution in [1.29, 1.82) is 0 Å². The highest BCUT2D eigenvalue weighted by Gasteiger charge is 2.49. The Morgan fingerprint density at radius 3 is 2.53 bits per heavy atom. The molecule has 5 nitrogen and oxygen atoms in total. The quantitative estimate of drug-likeness (QED) is 0.668. The summed E-state index contributed by atoms with van der Waals surface area (Å²) in [6.45, 7) is 0. The first-order valence-electron chi connectivity index (χ1n) is 5.82. The second-order valence-corrected chi connectivity index (χ2v) is 4.32. The average Bonchev–Trinajstić information content (AvgIpc) is 2.97. The monoisotopic (exact) mass is 257 g/mol. The molecule has 2 atom stereocenters. The third-order valence-corrected chi connectivity index (χ3v) is 3.21. The van der Waals surface area contributed by atoms with Crippen molar-refractivity contribution in [1.82, 2.24) is 0 Å². The van der Waals surface area contributed by atoms with E-state index in [1.165, 1.54) is 11.2 Å². The molecular weight excluding hydrogens is 246 g/mol. The van der Waals surface area contributed by atoms with E-state index in [0.717, 1.165) is 6.29 Å². The Labute approximate surface area is 109 Å². The molecule has 3 rings (SSSR count). The maximum absolute atomic E-state index is 11.8. The summed E-state index contributed by atoms with van der Waals surface area (Å²) in [4.78, 5) is 23.8. The number of carbonyl (C=O) groups is 2. The number of amides is 1. The molecule has 2 unspecified atom stereocenters. The molecule has 1 aliphatic rings. The molecular formula is C14H11NO4. The lowest BCUT2D eigenvalue weighted by molar-refractivity contribution is -0.137. The zero-order valence-corrected chi connectivity index (χ0v) is 9.89. The molecule has 1 N–H and O–H groups in total. The lowest BCUT2D eigenvalue weighted by atomic mass is 9.94. The lowest BCUT2D eigenvalue weighted by Gasteiger charge is -2.43. The molecule has 1 aromatic carbocycles. The number of hydrogen-bond donors (Lipinski definition) is 1. The van der Waals surface area contributed by atoms with E-state index in [1.807, 2.05) is 0 Å². The summed E-state index contributed by atoms with van der Waals surface area (Å²) >= 11 is 0. The minimum Gasteiger partial charge on any atom is -0.467 e. The van der Waals surface area contributed by atoms with E-state index < -0.39 is 12.1 Å². The van der Waals surface area contributed by atoms with Gasteiger partial charge in [-0.2, -0.15) is 0 Å². The Morgan fingerprint density at radius 2 is 1.95 bits per heavy atom. The number of hydrogen-bond acceptors (Lipinski definition) is 4. The Kier molecular flexibility index (Phi) is 2.68. The summed E-state index contributed by atoms with van der Waals surface area (Å²) in [5, 5.41) is 9.77. The van der Waals surface area contributed by atoms with Gasteiger partial charge in [0.15, 0.2) is 6.10 Å². The molecule has 2 aromatic rings. The summed E-state index contributed by atoms with van der Waals surface area (Å²) in [6.07, 6.45) is 1.15. The fraction of sp³-hybridized carbons (Fsp3) is 0.143. The molecule has 1 amide bonds. The van der Waals surface area contributed by atoms with Gasteiger partial charge in [-0.05, 0) is 36.4 Å². The third-order valence-electron chi connectivity index (χ3n) is 3.21. The van der Waals surface area contributed by atoms with E-state index in [2.05, 4.69) is 0 Å². The van der Waals surface area contributed by atoms with Gasteiger partial charge < -0.3 is 9.52 Å². The van der Waals surface area contributed by atoms with E-state index >= 15 is 0 Å². The normalized spacial score (nSPS) is 22.2. The van der Waals surface area contributed by atoms with E-state index in [0.29, 0.717) is 17.0 Å². The number of rotatable bonds is 3. The minimum atomic E-state index is -1.09. The molecule has 96 valence electrons. The molecule has 0 aliphatic carbocycles. The zero-order valence-electron chi connectivity index (χ0n) is 9.89. The smallest absolute Gasteiger partial charge is 0.259 e. The number of benzene rings is 1. The summed E-state index contributed by atoms with van der Waals surface area (Å²) in [5.41, 5.74) is 1.16. The van der Waals surface area contributed by atoms with Crippen LogP contribution in [-0.4, -0.2) is 23.4 Å². The highest BCUT2D eigenvalue weighted by Crippen LogP contribution is 2.39. The Balaban J connectivity index is 1.93. The maximum atomic E-state index is 11.8. The van der Waals surface area contributed by atoms with Gasteiger partial charge in [0.1, 0.15) is 18.1 Å². The molecule has 0 saturated carbocycles. The van der Waals surface area contributed by atoms with Crippen molar-refractivity contribution in [2.45, 2.75) is 12.1 Å². The molecule has 2 heterocycles. The second-order valence-electron chi connectivity index (χ2n) is 4.32. The minimum absolute atomic E-state index is 0.375. The summed E-state index contributed by atoms with van der Waals surface area (Å²) in [6, 6.07) is 9.50. The van der Waals surface area contributed by atoms with Crippen molar-refractivity contribution < 1.29 is 19.1 Å². The number of aliphatic hydroxyl groups is 1. The summed E-state index contributed by atoms with van der Waals surface area (Å²) < 4.78 is 5.24. The zero-order chi connectivity index (χ0) is 13.4. The van der Waals surface area contributed by atoms with Crippen LogP contribution in [0.5, 0.6) is 0 Å². The van der Waals surface area contributed by atoms with Crippen LogP contribution in [0.2, 0.25) is 0 Å². The van der Waals surface area contributed by atoms with Gasteiger partial charge in [0.2, 0.25) is 0 Å². The van der Waals surface area contributed by atoms with Crippen molar-refractivity contribution in [3.05, 3.63) is 54.0 Å². The average molecular weight is 257 g/mol. The van der Waals surface area contributed by atoms with Gasteiger partial charge in [-0.15, -0.1) is 0 Å². The number of furan rings is 1. The first-order valence-corrected chi connectivity index (χ1v) is 5.82. The van der Waals surface area contributed by atoms with Gasteiger partial charge >= 0.3 is 0 Å². The van der Waals surface area contributed by atoms with Gasteiger partial charge in [-0.3, -0.25) is 14.5 Å². The van der Waals surface area contributed by atoms with Crippen LogP contribution in [0.15, 0.2) is 47.1 Å². The van der Waals surface area contributed by atoms with Crippen molar-refractivity contribution in [3.8, 4) is 0 Å². The number of β-lactam (4-membered cyclic amide) rings is 1. The maximum Gasteiger partial charge on any atom is 0.259 e. The van der Waals surface area contributed by atoms with Gasteiger partial charge in [-0.25, -0.2) is 0 Å². The molecule has 19 heavy (non-hydrogen) atoms. The fourth-order valence-electron chi connectivity index (χ4n) is 2.22. The molecule has 1 fully saturated rings. The van der Waals surface area contributed by atoms with Crippen LogP contribution in [0, 0.1) is 0 Å². The molecule has 0 bridgehead atoms. The van der Waals surface area contributed by atoms with E-state index in [1.54, 1.807) is 36.4 Å². The highest BCUT2D eigenvalue weighted by molar-refractivity contribution is 6.04. The van der Waals surface area contributed by atoms with Crippen molar-refractivity contribution in [2.24, 2.45) is 0 Å². The van der Waals surface area contributed by atoms with Crippen LogP contribution in [0.3, 0.4) is 0 Å². The van der Waals surface area contributed by atoms with E-state index in [-0.39, 0.29) is 5.91 Å². The standard InChI is InChI=1S/C14H11NO4/c16-8-9-3-5-10(6-4-9)15-12(13(17)14(15)18)11-2-1-7-19-11/h1-8,12-13,17H. The van der Waals surface area contributed by atoms with Gasteiger partial charge in [0.05, 0.1) is 6.26 Å². The number of carbonyl (C=O) groups excluding carboxylic acids is 2. The van der Waals surface area contributed by atoms with Crippen LogP contribution in [-0.2, 0) is 4.79 Å². The van der Waals surface area contributed by atoms with Crippen LogP contribution < -0.4 is 4.90 Å². The van der Waals surface area contributed by atoms with Gasteiger partial charge in [0.25, 0.3) is 5.91 Å². The number of aliphatic hydroxyl groups excluding tert-OH is 1. The van der Waals surface area contributed by atoms with Crippen LogP contribution in [0.4, 0.5) is 5.69 Å². The topological polar surface area (TPSA) is 70.8 Å². The lowest BCUT2D eigenvalue weighted by Crippen LogP contribution is -2.59. The Bertz CT molecular complexity index is 603. The molecule has 1 saturated heterocycles. The Hall–Kier alpha value is -2.40. The van der Waals surface area contributed by atoms with E-state index in [9.17, 15) is 14.7 Å². The molecule has 5 heteroatoms. The predicted octanol–water partition coefficient (Wildman–Crippen LogP) is 1.54. The highest BCUT2D eigenvalue weighted by atomic mass is 16.3. The van der Waals surface area contributed by atoms with Crippen molar-refractivity contribution in [2.75, 3.05) is 4.90 Å². The molecule has 1 aromatic heterocycles. The van der Waals surface area contributed by atoms with Gasteiger partial charge in [-0.1, -0.05) is 0 Å². The second kappa shape index (κ2) is 4.37. The van der Waals surface area contributed by atoms with Crippen LogP contribution in [0.1, 0.15) is 22.2 Å². The number of anilines is 1. The largest absolute Gasteiger partial charge is 0.467 e. The van der Waals surface area contributed by atoms with Crippen molar-refractivity contribution in [3.63, 3.8) is 0 Å². The fourth-order valence-corrected chi connectivity index (χ4v) is 2.22. The predicted molar refractivity (Wildman–Crippen MR) is 66.8 cm³/mol. The first kappa shape index (κ1) is 11.7. The summed E-state index contributed by atoms with van der Waals surface area (Å²) in [5.74, 6) is 0.159. The van der Waals surface area contributed by atoms with Crippen LogP contribution in [0.25, 0.3) is 0 Å². The molecule has 0 spiro atoms.